The van der Waals surface area contributed by atoms with E-state index in [0.717, 1.165) is 19.5 Å². The van der Waals surface area contributed by atoms with Crippen molar-refractivity contribution in [1.82, 2.24) is 34.2 Å². The summed E-state index contributed by atoms with van der Waals surface area (Å²) in [6, 6.07) is 3.42. The molecule has 0 unspecified atom stereocenters. The minimum atomic E-state index is -0.354. The Morgan fingerprint density at radius 3 is 2.55 bits per heavy atom. The lowest BCUT2D eigenvalue weighted by Crippen LogP contribution is -2.44. The van der Waals surface area contributed by atoms with Gasteiger partial charge in [0.25, 0.3) is 11.5 Å². The lowest BCUT2D eigenvalue weighted by atomic mass is 10.2. The van der Waals surface area contributed by atoms with Crippen molar-refractivity contribution in [3.63, 3.8) is 0 Å². The molecule has 178 valence electrons. The maximum absolute atomic E-state index is 12.3. The summed E-state index contributed by atoms with van der Waals surface area (Å²) in [7, 11) is 1.73. The van der Waals surface area contributed by atoms with E-state index in [2.05, 4.69) is 15.2 Å². The van der Waals surface area contributed by atoms with Crippen molar-refractivity contribution in [2.75, 3.05) is 26.7 Å². The molecule has 0 bridgehead atoms. The number of carbonyl (C=O) groups excluding carboxylic acids is 2. The molecule has 1 N–H and O–H groups in total. The number of nitrogens with zero attached hydrogens (tertiary/aromatic N) is 6. The second-order valence-electron chi connectivity index (χ2n) is 8.81. The number of carbonyl (C=O) groups is 2. The van der Waals surface area contributed by atoms with Gasteiger partial charge in [-0.2, -0.15) is 5.10 Å². The molecular formula is C22H31N7O4. The van der Waals surface area contributed by atoms with E-state index < -0.39 is 0 Å². The number of ether oxygens (including phenoxy) is 1. The average Bonchev–Trinajstić information content (AvgIpc) is 3.31. The Kier molecular flexibility index (Phi) is 6.89. The van der Waals surface area contributed by atoms with Crippen LogP contribution in [0.1, 0.15) is 50.2 Å². The monoisotopic (exact) mass is 457 g/mol. The van der Waals surface area contributed by atoms with E-state index in [1.54, 1.807) is 42.1 Å². The van der Waals surface area contributed by atoms with Gasteiger partial charge in [0.1, 0.15) is 11.1 Å². The highest BCUT2D eigenvalue weighted by Gasteiger charge is 2.25. The van der Waals surface area contributed by atoms with Gasteiger partial charge in [0, 0.05) is 32.9 Å². The number of amides is 2. The first-order valence-electron chi connectivity index (χ1n) is 10.9. The normalized spacial score (nSPS) is 13.2. The topological polar surface area (TPSA) is 118 Å². The molecule has 4 rings (SSSR count). The molecule has 1 aliphatic heterocycles. The van der Waals surface area contributed by atoms with E-state index >= 15 is 0 Å². The van der Waals surface area contributed by atoms with Crippen LogP contribution < -0.4 is 5.56 Å². The lowest BCUT2D eigenvalue weighted by molar-refractivity contribution is 0.0130. The highest BCUT2D eigenvalue weighted by atomic mass is 16.6. The molecule has 4 heterocycles. The summed E-state index contributed by atoms with van der Waals surface area (Å²) in [4.78, 5) is 41.4. The van der Waals surface area contributed by atoms with Crippen LogP contribution in [0.25, 0.3) is 11.5 Å². The van der Waals surface area contributed by atoms with Crippen molar-refractivity contribution >= 4 is 17.5 Å². The predicted molar refractivity (Wildman–Crippen MR) is 123 cm³/mol. The molecule has 0 spiro atoms. The Morgan fingerprint density at radius 2 is 1.97 bits per heavy atom. The van der Waals surface area contributed by atoms with Gasteiger partial charge in [-0.25, -0.2) is 14.0 Å². The van der Waals surface area contributed by atoms with E-state index in [4.69, 9.17) is 4.74 Å². The first-order valence-corrected chi connectivity index (χ1v) is 10.9. The molecule has 1 fully saturated rings. The minimum absolute atomic E-state index is 0.115. The zero-order valence-electron chi connectivity index (χ0n) is 20.0. The predicted octanol–water partition coefficient (Wildman–Crippen LogP) is 2.24. The zero-order valence-corrected chi connectivity index (χ0v) is 20.0. The van der Waals surface area contributed by atoms with Gasteiger partial charge >= 0.3 is 6.09 Å². The molecule has 1 saturated heterocycles. The fraction of sp³-hybridized carbons (Fsp3) is 0.500. The summed E-state index contributed by atoms with van der Waals surface area (Å²) in [5.41, 5.74) is 0.950. The third kappa shape index (κ3) is 5.41. The SMILES string of the molecule is CC(C)(C)OC(=O)N1CCC1.CCN(C)C(=O)c1cnn(-c2nn3cccc3c(=O)[nH]2)c1C. The molecule has 0 aliphatic carbocycles. The standard InChI is InChI=1S/C14H16N6O2.C8H15NO2/c1-4-18(3)13(22)10-8-15-20(9(10)2)14-16-12(21)11-6-5-7-19(11)17-14;1-8(2,3)11-7(10)9-5-4-6-9/h5-8H,4H2,1-3H3,(H,16,17,21);4-6H2,1-3H3. The van der Waals surface area contributed by atoms with Gasteiger partial charge in [0.05, 0.1) is 17.5 Å². The molecule has 0 radical (unpaired) electrons. The molecule has 11 heteroatoms. The van der Waals surface area contributed by atoms with Crippen molar-refractivity contribution < 1.29 is 14.3 Å². The molecule has 0 aromatic carbocycles. The number of fused-ring (bicyclic) bond motifs is 1. The molecule has 0 atom stereocenters. The number of aromatic nitrogens is 5. The molecule has 1 aliphatic rings. The van der Waals surface area contributed by atoms with E-state index in [9.17, 15) is 14.4 Å². The van der Waals surface area contributed by atoms with Crippen molar-refractivity contribution in [2.45, 2.75) is 46.6 Å². The molecule has 0 saturated carbocycles. The maximum Gasteiger partial charge on any atom is 0.410 e. The number of H-pyrrole nitrogens is 1. The Balaban J connectivity index is 0.000000235. The highest BCUT2D eigenvalue weighted by molar-refractivity contribution is 5.95. The quantitative estimate of drug-likeness (QED) is 0.644. The number of hydrogen-bond acceptors (Lipinski definition) is 6. The fourth-order valence-electron chi connectivity index (χ4n) is 3.03. The van der Waals surface area contributed by atoms with Crippen LogP contribution in [0.3, 0.4) is 0 Å². The van der Waals surface area contributed by atoms with E-state index in [1.807, 2.05) is 27.7 Å². The molecular weight excluding hydrogens is 426 g/mol. The first kappa shape index (κ1) is 24.0. The van der Waals surface area contributed by atoms with Gasteiger partial charge in [-0.1, -0.05) is 0 Å². The summed E-state index contributed by atoms with van der Waals surface area (Å²) in [5.74, 6) is 0.153. The van der Waals surface area contributed by atoms with Gasteiger partial charge in [-0.3, -0.25) is 14.6 Å². The molecule has 33 heavy (non-hydrogen) atoms. The molecule has 11 nitrogen and oxygen atoms in total. The fourth-order valence-corrected chi connectivity index (χ4v) is 3.03. The number of rotatable bonds is 3. The number of aromatic amines is 1. The maximum atomic E-state index is 12.3. The second kappa shape index (κ2) is 9.47. The van der Waals surface area contributed by atoms with E-state index in [-0.39, 0.29) is 29.1 Å². The minimum Gasteiger partial charge on any atom is -0.444 e. The average molecular weight is 458 g/mol. The summed E-state index contributed by atoms with van der Waals surface area (Å²) in [6.07, 6.45) is 4.11. The van der Waals surface area contributed by atoms with Crippen LogP contribution in [0.5, 0.6) is 0 Å². The van der Waals surface area contributed by atoms with Gasteiger partial charge in [0.15, 0.2) is 0 Å². The van der Waals surface area contributed by atoms with Crippen molar-refractivity contribution in [1.29, 1.82) is 0 Å². The van der Waals surface area contributed by atoms with Gasteiger partial charge in [-0.15, -0.1) is 5.10 Å². The number of likely N-dealkylation sites (tertiary alicyclic amines) is 1. The number of nitrogens with one attached hydrogen (secondary N) is 1. The van der Waals surface area contributed by atoms with Gasteiger partial charge in [0.2, 0.25) is 5.95 Å². The van der Waals surface area contributed by atoms with Crippen LogP contribution in [0.15, 0.2) is 29.3 Å². The Bertz CT molecular complexity index is 1200. The first-order chi connectivity index (χ1) is 15.5. The summed E-state index contributed by atoms with van der Waals surface area (Å²) in [5, 5.41) is 8.48. The van der Waals surface area contributed by atoms with Crippen molar-refractivity contribution in [3.8, 4) is 5.95 Å². The summed E-state index contributed by atoms with van der Waals surface area (Å²) < 4.78 is 8.07. The molecule has 3 aromatic heterocycles. The number of hydrogen-bond donors (Lipinski definition) is 1. The smallest absolute Gasteiger partial charge is 0.410 e. The van der Waals surface area contributed by atoms with E-state index in [0.29, 0.717) is 23.3 Å². The van der Waals surface area contributed by atoms with Gasteiger partial charge in [-0.05, 0) is 53.2 Å². The Morgan fingerprint density at radius 1 is 1.27 bits per heavy atom. The van der Waals surface area contributed by atoms with Crippen LogP contribution in [0, 0.1) is 6.92 Å². The second-order valence-corrected chi connectivity index (χ2v) is 8.81. The van der Waals surface area contributed by atoms with Crippen LogP contribution in [0.2, 0.25) is 0 Å². The van der Waals surface area contributed by atoms with Crippen molar-refractivity contribution in [2.24, 2.45) is 0 Å². The van der Waals surface area contributed by atoms with Gasteiger partial charge < -0.3 is 14.5 Å². The third-order valence-electron chi connectivity index (χ3n) is 5.16. The Hall–Kier alpha value is -3.63. The zero-order chi connectivity index (χ0) is 24.3. The largest absolute Gasteiger partial charge is 0.444 e. The molecule has 2 amide bonds. The van der Waals surface area contributed by atoms with E-state index in [1.165, 1.54) is 15.4 Å². The summed E-state index contributed by atoms with van der Waals surface area (Å²) >= 11 is 0. The van der Waals surface area contributed by atoms with Crippen LogP contribution in [0.4, 0.5) is 4.79 Å². The van der Waals surface area contributed by atoms with Crippen LogP contribution in [-0.2, 0) is 4.74 Å². The Labute approximate surface area is 191 Å². The highest BCUT2D eigenvalue weighted by Crippen LogP contribution is 2.14. The molecule has 3 aromatic rings. The van der Waals surface area contributed by atoms with Crippen LogP contribution >= 0.6 is 0 Å². The third-order valence-corrected chi connectivity index (χ3v) is 5.16. The van der Waals surface area contributed by atoms with Crippen LogP contribution in [-0.4, -0.2) is 78.5 Å². The summed E-state index contributed by atoms with van der Waals surface area (Å²) in [6.45, 7) is 11.6. The van der Waals surface area contributed by atoms with Crippen molar-refractivity contribution in [3.05, 3.63) is 46.1 Å². The lowest BCUT2D eigenvalue weighted by Gasteiger charge is -2.32.